The summed E-state index contributed by atoms with van der Waals surface area (Å²) in [6, 6.07) is 6.01. The lowest BCUT2D eigenvalue weighted by molar-refractivity contribution is 0.419. The van der Waals surface area contributed by atoms with E-state index in [1.165, 1.54) is 0 Å². The Morgan fingerprint density at radius 1 is 1.43 bits per heavy atom. The molecule has 0 fully saturated rings. The molecular weight excluding hydrogens is 176 g/mol. The van der Waals surface area contributed by atoms with E-state index in [4.69, 9.17) is 10.5 Å². The largest absolute Gasteiger partial charge is 0.496 e. The van der Waals surface area contributed by atoms with Crippen LogP contribution >= 0.6 is 0 Å². The summed E-state index contributed by atoms with van der Waals surface area (Å²) in [7, 11) is 3.70. The van der Waals surface area contributed by atoms with Crippen molar-refractivity contribution in [3.8, 4) is 5.75 Å². The average Bonchev–Trinajstić information content (AvgIpc) is 2.56. The van der Waals surface area contributed by atoms with E-state index in [9.17, 15) is 0 Å². The molecule has 1 heterocycles. The number of methoxy groups -OCH3 is 1. The van der Waals surface area contributed by atoms with Gasteiger partial charge in [-0.2, -0.15) is 0 Å². The molecule has 0 aliphatic carbocycles. The number of ether oxygens (including phenoxy) is 1. The van der Waals surface area contributed by atoms with E-state index in [1.54, 1.807) is 7.11 Å². The summed E-state index contributed by atoms with van der Waals surface area (Å²) in [4.78, 5) is 0. The van der Waals surface area contributed by atoms with Crippen molar-refractivity contribution in [3.63, 3.8) is 0 Å². The van der Waals surface area contributed by atoms with Crippen LogP contribution in [0.3, 0.4) is 0 Å². The number of nitrogens with zero attached hydrogens (tertiary/aromatic N) is 1. The Kier molecular flexibility index (Phi) is 2.17. The van der Waals surface area contributed by atoms with E-state index in [1.807, 2.05) is 25.4 Å². The van der Waals surface area contributed by atoms with E-state index < -0.39 is 0 Å². The van der Waals surface area contributed by atoms with E-state index in [0.29, 0.717) is 6.54 Å². The third-order valence-corrected chi connectivity index (χ3v) is 2.49. The molecule has 0 aliphatic heterocycles. The first-order valence-electron chi connectivity index (χ1n) is 4.59. The molecule has 0 saturated heterocycles. The zero-order valence-electron chi connectivity index (χ0n) is 8.45. The maximum Gasteiger partial charge on any atom is 0.128 e. The number of hydrogen-bond donors (Lipinski definition) is 1. The smallest absolute Gasteiger partial charge is 0.128 e. The second kappa shape index (κ2) is 3.35. The van der Waals surface area contributed by atoms with Crippen LogP contribution in [0.1, 0.15) is 5.56 Å². The maximum atomic E-state index is 5.68. The number of aryl methyl sites for hydroxylation is 1. The molecule has 2 N–H and O–H groups in total. The third-order valence-electron chi connectivity index (χ3n) is 2.49. The molecule has 0 aliphatic rings. The van der Waals surface area contributed by atoms with Crippen LogP contribution < -0.4 is 10.5 Å². The molecule has 1 aromatic heterocycles. The minimum atomic E-state index is 0.539. The molecular formula is C11H14N2O. The molecule has 14 heavy (non-hydrogen) atoms. The Balaban J connectivity index is 2.82. The first-order valence-corrected chi connectivity index (χ1v) is 4.59. The number of nitrogens with two attached hydrogens (primary N) is 1. The Labute approximate surface area is 83.1 Å². The summed E-state index contributed by atoms with van der Waals surface area (Å²) in [5, 5.41) is 1.12. The Morgan fingerprint density at radius 3 is 2.86 bits per heavy atom. The minimum Gasteiger partial charge on any atom is -0.496 e. The SMILES string of the molecule is COc1cccc2c1c(CN)cn2C. The fourth-order valence-corrected chi connectivity index (χ4v) is 1.83. The number of rotatable bonds is 2. The standard InChI is InChI=1S/C11H14N2O/c1-13-7-8(6-12)11-9(13)4-3-5-10(11)14-2/h3-5,7H,6,12H2,1-2H3. The predicted molar refractivity (Wildman–Crippen MR) is 57.4 cm³/mol. The van der Waals surface area contributed by atoms with Crippen LogP contribution in [0.4, 0.5) is 0 Å². The van der Waals surface area contributed by atoms with Gasteiger partial charge in [-0.1, -0.05) is 6.07 Å². The molecule has 0 bridgehead atoms. The molecule has 0 radical (unpaired) electrons. The second-order valence-electron chi connectivity index (χ2n) is 3.32. The lowest BCUT2D eigenvalue weighted by Crippen LogP contribution is -1.95. The molecule has 1 aromatic carbocycles. The van der Waals surface area contributed by atoms with Crippen molar-refractivity contribution in [3.05, 3.63) is 30.0 Å². The number of benzene rings is 1. The second-order valence-corrected chi connectivity index (χ2v) is 3.32. The van der Waals surface area contributed by atoms with E-state index in [0.717, 1.165) is 22.2 Å². The molecule has 3 heteroatoms. The van der Waals surface area contributed by atoms with Crippen molar-refractivity contribution < 1.29 is 4.74 Å². The highest BCUT2D eigenvalue weighted by Gasteiger charge is 2.09. The highest BCUT2D eigenvalue weighted by atomic mass is 16.5. The summed E-state index contributed by atoms with van der Waals surface area (Å²) in [6.07, 6.45) is 2.05. The normalized spacial score (nSPS) is 10.8. The third kappa shape index (κ3) is 1.17. The van der Waals surface area contributed by atoms with Gasteiger partial charge >= 0.3 is 0 Å². The van der Waals surface area contributed by atoms with Gasteiger partial charge in [0.1, 0.15) is 5.75 Å². The van der Waals surface area contributed by atoms with Gasteiger partial charge in [-0.25, -0.2) is 0 Å². The number of hydrogen-bond acceptors (Lipinski definition) is 2. The summed E-state index contributed by atoms with van der Waals surface area (Å²) >= 11 is 0. The van der Waals surface area contributed by atoms with E-state index >= 15 is 0 Å². The summed E-state index contributed by atoms with van der Waals surface area (Å²) in [6.45, 7) is 0.539. The van der Waals surface area contributed by atoms with Gasteiger partial charge in [0.15, 0.2) is 0 Å². The molecule has 0 saturated carbocycles. The van der Waals surface area contributed by atoms with Crippen LogP contribution in [0, 0.1) is 0 Å². The van der Waals surface area contributed by atoms with Crippen LogP contribution in [0.5, 0.6) is 5.75 Å². The predicted octanol–water partition coefficient (Wildman–Crippen LogP) is 1.65. The first kappa shape index (κ1) is 9.09. The van der Waals surface area contributed by atoms with Gasteiger partial charge < -0.3 is 15.0 Å². The van der Waals surface area contributed by atoms with Gasteiger partial charge in [0, 0.05) is 25.2 Å². The van der Waals surface area contributed by atoms with E-state index in [2.05, 4.69) is 10.6 Å². The lowest BCUT2D eigenvalue weighted by atomic mass is 10.1. The fraction of sp³-hybridized carbons (Fsp3) is 0.273. The van der Waals surface area contributed by atoms with Crippen molar-refractivity contribution in [1.82, 2.24) is 4.57 Å². The molecule has 2 aromatic rings. The van der Waals surface area contributed by atoms with Gasteiger partial charge in [-0.15, -0.1) is 0 Å². The van der Waals surface area contributed by atoms with Crippen molar-refractivity contribution in [2.75, 3.05) is 7.11 Å². The minimum absolute atomic E-state index is 0.539. The van der Waals surface area contributed by atoms with Crippen molar-refractivity contribution in [2.45, 2.75) is 6.54 Å². The zero-order valence-corrected chi connectivity index (χ0v) is 8.45. The van der Waals surface area contributed by atoms with Gasteiger partial charge in [0.2, 0.25) is 0 Å². The van der Waals surface area contributed by atoms with Crippen molar-refractivity contribution >= 4 is 10.9 Å². The highest BCUT2D eigenvalue weighted by molar-refractivity contribution is 5.89. The zero-order chi connectivity index (χ0) is 10.1. The molecule has 0 unspecified atom stereocenters. The van der Waals surface area contributed by atoms with Gasteiger partial charge in [0.25, 0.3) is 0 Å². The lowest BCUT2D eigenvalue weighted by Gasteiger charge is -2.03. The van der Waals surface area contributed by atoms with Gasteiger partial charge in [0.05, 0.1) is 12.6 Å². The Morgan fingerprint density at radius 2 is 2.21 bits per heavy atom. The van der Waals surface area contributed by atoms with Crippen molar-refractivity contribution in [1.29, 1.82) is 0 Å². The summed E-state index contributed by atoms with van der Waals surface area (Å²) in [5.41, 5.74) is 7.97. The van der Waals surface area contributed by atoms with Gasteiger partial charge in [-0.3, -0.25) is 0 Å². The average molecular weight is 190 g/mol. The maximum absolute atomic E-state index is 5.68. The fourth-order valence-electron chi connectivity index (χ4n) is 1.83. The first-order chi connectivity index (χ1) is 6.77. The van der Waals surface area contributed by atoms with Crippen LogP contribution in [0.2, 0.25) is 0 Å². The monoisotopic (exact) mass is 190 g/mol. The number of fused-ring (bicyclic) bond motifs is 1. The Hall–Kier alpha value is -1.48. The van der Waals surface area contributed by atoms with Crippen molar-refractivity contribution in [2.24, 2.45) is 12.8 Å². The summed E-state index contributed by atoms with van der Waals surface area (Å²) < 4.78 is 7.38. The van der Waals surface area contributed by atoms with Crippen LogP contribution in [0.25, 0.3) is 10.9 Å². The quantitative estimate of drug-likeness (QED) is 0.782. The van der Waals surface area contributed by atoms with Crippen LogP contribution in [0.15, 0.2) is 24.4 Å². The van der Waals surface area contributed by atoms with E-state index in [-0.39, 0.29) is 0 Å². The highest BCUT2D eigenvalue weighted by Crippen LogP contribution is 2.29. The summed E-state index contributed by atoms with van der Waals surface area (Å²) in [5.74, 6) is 0.892. The molecule has 0 atom stereocenters. The number of aromatic nitrogens is 1. The molecule has 3 nitrogen and oxygen atoms in total. The molecule has 2 rings (SSSR count). The Bertz CT molecular complexity index is 460. The van der Waals surface area contributed by atoms with Crippen LogP contribution in [-0.4, -0.2) is 11.7 Å². The molecule has 0 spiro atoms. The van der Waals surface area contributed by atoms with Crippen LogP contribution in [-0.2, 0) is 13.6 Å². The molecule has 74 valence electrons. The molecule has 0 amide bonds. The van der Waals surface area contributed by atoms with Gasteiger partial charge in [-0.05, 0) is 17.7 Å². The topological polar surface area (TPSA) is 40.2 Å².